The molecule has 0 amide bonds. The number of hydrogen-bond acceptors (Lipinski definition) is 3. The molecule has 0 saturated heterocycles. The van der Waals surface area contributed by atoms with Gasteiger partial charge in [0.1, 0.15) is 5.69 Å². The van der Waals surface area contributed by atoms with Gasteiger partial charge in [0.25, 0.3) is 5.56 Å². The van der Waals surface area contributed by atoms with Gasteiger partial charge >= 0.3 is 0 Å². The lowest BCUT2D eigenvalue weighted by atomic mass is 10.1. The highest BCUT2D eigenvalue weighted by molar-refractivity contribution is 5.62. The SMILES string of the molecule is Cc1cccc(-c2cc(N)c(=O)n(C)n2)c1. The second-order valence-electron chi connectivity index (χ2n) is 3.78. The van der Waals surface area contributed by atoms with Crippen LogP contribution in [0.4, 0.5) is 5.69 Å². The summed E-state index contributed by atoms with van der Waals surface area (Å²) < 4.78 is 1.26. The maximum atomic E-state index is 11.4. The molecule has 0 unspecified atom stereocenters. The number of aryl methyl sites for hydroxylation is 2. The molecule has 0 fully saturated rings. The zero-order valence-electron chi connectivity index (χ0n) is 9.27. The van der Waals surface area contributed by atoms with Crippen LogP contribution in [0.25, 0.3) is 11.3 Å². The lowest BCUT2D eigenvalue weighted by molar-refractivity contribution is 0.715. The van der Waals surface area contributed by atoms with Crippen LogP contribution in [-0.4, -0.2) is 9.78 Å². The number of rotatable bonds is 1. The van der Waals surface area contributed by atoms with E-state index in [1.54, 1.807) is 13.1 Å². The van der Waals surface area contributed by atoms with Crippen LogP contribution < -0.4 is 11.3 Å². The van der Waals surface area contributed by atoms with E-state index < -0.39 is 0 Å². The van der Waals surface area contributed by atoms with Crippen LogP contribution in [0.5, 0.6) is 0 Å². The predicted molar refractivity (Wildman–Crippen MR) is 64.1 cm³/mol. The molecular weight excluding hydrogens is 202 g/mol. The van der Waals surface area contributed by atoms with E-state index in [0.29, 0.717) is 5.69 Å². The molecular formula is C12H13N3O. The largest absolute Gasteiger partial charge is 0.394 e. The van der Waals surface area contributed by atoms with Gasteiger partial charge < -0.3 is 5.73 Å². The molecule has 82 valence electrons. The Hall–Kier alpha value is -2.10. The summed E-state index contributed by atoms with van der Waals surface area (Å²) in [5.74, 6) is 0. The first kappa shape index (κ1) is 10.4. The summed E-state index contributed by atoms with van der Waals surface area (Å²) >= 11 is 0. The van der Waals surface area contributed by atoms with Gasteiger partial charge in [0.15, 0.2) is 0 Å². The van der Waals surface area contributed by atoms with Gasteiger partial charge in [0.05, 0.1) is 5.69 Å². The number of benzene rings is 1. The molecule has 4 nitrogen and oxygen atoms in total. The average Bonchev–Trinajstić information content (AvgIpc) is 2.25. The van der Waals surface area contributed by atoms with Crippen LogP contribution in [0.3, 0.4) is 0 Å². The normalized spacial score (nSPS) is 10.4. The smallest absolute Gasteiger partial charge is 0.289 e. The fourth-order valence-electron chi connectivity index (χ4n) is 1.58. The lowest BCUT2D eigenvalue weighted by Crippen LogP contribution is -2.22. The van der Waals surface area contributed by atoms with Crippen molar-refractivity contribution in [3.63, 3.8) is 0 Å². The Balaban J connectivity index is 2.61. The Morgan fingerprint density at radius 3 is 2.69 bits per heavy atom. The van der Waals surface area contributed by atoms with Gasteiger partial charge in [0.2, 0.25) is 0 Å². The molecule has 0 aliphatic rings. The first-order chi connectivity index (χ1) is 7.58. The Morgan fingerprint density at radius 2 is 2.06 bits per heavy atom. The second kappa shape index (κ2) is 3.81. The van der Waals surface area contributed by atoms with Crippen molar-refractivity contribution in [3.8, 4) is 11.3 Å². The van der Waals surface area contributed by atoms with Crippen molar-refractivity contribution in [1.29, 1.82) is 0 Å². The van der Waals surface area contributed by atoms with Gasteiger partial charge in [0, 0.05) is 12.6 Å². The van der Waals surface area contributed by atoms with Gasteiger partial charge in [-0.3, -0.25) is 4.79 Å². The molecule has 0 saturated carbocycles. The van der Waals surface area contributed by atoms with Crippen molar-refractivity contribution in [2.75, 3.05) is 5.73 Å². The number of nitrogens with two attached hydrogens (primary N) is 1. The molecule has 1 heterocycles. The Kier molecular flexibility index (Phi) is 2.48. The summed E-state index contributed by atoms with van der Waals surface area (Å²) in [6.07, 6.45) is 0. The maximum absolute atomic E-state index is 11.4. The third kappa shape index (κ3) is 1.82. The highest BCUT2D eigenvalue weighted by Crippen LogP contribution is 2.17. The topological polar surface area (TPSA) is 60.9 Å². The van der Waals surface area contributed by atoms with Crippen molar-refractivity contribution in [1.82, 2.24) is 9.78 Å². The summed E-state index contributed by atoms with van der Waals surface area (Å²) in [6.45, 7) is 2.01. The molecule has 1 aromatic carbocycles. The van der Waals surface area contributed by atoms with E-state index in [4.69, 9.17) is 5.73 Å². The molecule has 4 heteroatoms. The minimum Gasteiger partial charge on any atom is -0.394 e. The molecule has 16 heavy (non-hydrogen) atoms. The highest BCUT2D eigenvalue weighted by Gasteiger charge is 2.05. The van der Waals surface area contributed by atoms with E-state index in [-0.39, 0.29) is 11.2 Å². The molecule has 0 radical (unpaired) electrons. The fraction of sp³-hybridized carbons (Fsp3) is 0.167. The van der Waals surface area contributed by atoms with E-state index in [2.05, 4.69) is 5.10 Å². The van der Waals surface area contributed by atoms with E-state index in [0.717, 1.165) is 11.1 Å². The number of aromatic nitrogens is 2. The summed E-state index contributed by atoms with van der Waals surface area (Å²) in [5, 5.41) is 4.17. The lowest BCUT2D eigenvalue weighted by Gasteiger charge is -2.05. The zero-order chi connectivity index (χ0) is 11.7. The number of anilines is 1. The Labute approximate surface area is 93.3 Å². The quantitative estimate of drug-likeness (QED) is 0.780. The van der Waals surface area contributed by atoms with E-state index >= 15 is 0 Å². The Morgan fingerprint density at radius 1 is 1.31 bits per heavy atom. The number of nitrogens with zero attached hydrogens (tertiary/aromatic N) is 2. The molecule has 0 aliphatic carbocycles. The summed E-state index contributed by atoms with van der Waals surface area (Å²) in [7, 11) is 1.60. The fourth-order valence-corrected chi connectivity index (χ4v) is 1.58. The van der Waals surface area contributed by atoms with Gasteiger partial charge in [-0.25, -0.2) is 4.68 Å². The van der Waals surface area contributed by atoms with Crippen molar-refractivity contribution < 1.29 is 0 Å². The minimum absolute atomic E-state index is 0.217. The monoisotopic (exact) mass is 215 g/mol. The third-order valence-electron chi connectivity index (χ3n) is 2.40. The van der Waals surface area contributed by atoms with Crippen LogP contribution in [0.15, 0.2) is 35.1 Å². The van der Waals surface area contributed by atoms with Gasteiger partial charge in [-0.1, -0.05) is 23.8 Å². The standard InChI is InChI=1S/C12H13N3O/c1-8-4-3-5-9(6-8)11-7-10(13)12(16)15(2)14-11/h3-7H,13H2,1-2H3. The van der Waals surface area contributed by atoms with E-state index in [1.165, 1.54) is 4.68 Å². The molecule has 2 rings (SSSR count). The molecule has 0 aliphatic heterocycles. The van der Waals surface area contributed by atoms with Gasteiger partial charge in [-0.05, 0) is 19.1 Å². The van der Waals surface area contributed by atoms with Crippen LogP contribution in [0.1, 0.15) is 5.56 Å². The predicted octanol–water partition coefficient (Wildman–Crippen LogP) is 1.34. The molecule has 0 spiro atoms. The minimum atomic E-state index is -0.267. The summed E-state index contributed by atoms with van der Waals surface area (Å²) in [5.41, 5.74) is 8.39. The molecule has 0 bridgehead atoms. The summed E-state index contributed by atoms with van der Waals surface area (Å²) in [4.78, 5) is 11.4. The molecule has 2 aromatic rings. The number of hydrogen-bond donors (Lipinski definition) is 1. The van der Waals surface area contributed by atoms with E-state index in [1.807, 2.05) is 31.2 Å². The maximum Gasteiger partial charge on any atom is 0.289 e. The number of nitrogen functional groups attached to an aromatic ring is 1. The second-order valence-corrected chi connectivity index (χ2v) is 3.78. The summed E-state index contributed by atoms with van der Waals surface area (Å²) in [6, 6.07) is 9.52. The van der Waals surface area contributed by atoms with Gasteiger partial charge in [-0.15, -0.1) is 0 Å². The third-order valence-corrected chi connectivity index (χ3v) is 2.40. The van der Waals surface area contributed by atoms with Crippen LogP contribution >= 0.6 is 0 Å². The molecule has 0 atom stereocenters. The van der Waals surface area contributed by atoms with Crippen LogP contribution in [0.2, 0.25) is 0 Å². The molecule has 2 N–H and O–H groups in total. The van der Waals surface area contributed by atoms with Crippen molar-refractivity contribution >= 4 is 5.69 Å². The Bertz CT molecular complexity index is 561. The zero-order valence-corrected chi connectivity index (χ0v) is 9.27. The van der Waals surface area contributed by atoms with E-state index in [9.17, 15) is 4.79 Å². The highest BCUT2D eigenvalue weighted by atomic mass is 16.1. The first-order valence-electron chi connectivity index (χ1n) is 4.99. The first-order valence-corrected chi connectivity index (χ1v) is 4.99. The average molecular weight is 215 g/mol. The molecule has 1 aromatic heterocycles. The van der Waals surface area contributed by atoms with Crippen molar-refractivity contribution in [2.24, 2.45) is 7.05 Å². The van der Waals surface area contributed by atoms with Crippen molar-refractivity contribution in [2.45, 2.75) is 6.92 Å². The van der Waals surface area contributed by atoms with Crippen LogP contribution in [0, 0.1) is 6.92 Å². The van der Waals surface area contributed by atoms with Gasteiger partial charge in [-0.2, -0.15) is 5.10 Å². The van der Waals surface area contributed by atoms with Crippen LogP contribution in [-0.2, 0) is 7.05 Å². The van der Waals surface area contributed by atoms with Crippen molar-refractivity contribution in [3.05, 3.63) is 46.2 Å².